The summed E-state index contributed by atoms with van der Waals surface area (Å²) in [6, 6.07) is 3.15. The molecule has 0 spiro atoms. The summed E-state index contributed by atoms with van der Waals surface area (Å²) in [5.74, 6) is -0.888. The maximum atomic E-state index is 11.4. The number of hydrogen-bond acceptors (Lipinski definition) is 4. The van der Waals surface area contributed by atoms with Crippen LogP contribution in [0.4, 0.5) is 0 Å². The normalized spacial score (nSPS) is 9.79. The second kappa shape index (κ2) is 4.43. The van der Waals surface area contributed by atoms with E-state index >= 15 is 0 Å². The average Bonchev–Trinajstić information content (AvgIpc) is 2.21. The molecule has 0 fully saturated rings. The number of pyridine rings is 1. The van der Waals surface area contributed by atoms with Crippen LogP contribution in [-0.4, -0.2) is 10.5 Å². The molecular weight excluding hydrogens is 186 g/mol. The Labute approximate surface area is 79.3 Å². The maximum Gasteiger partial charge on any atom is 0.305 e. The molecule has 0 bridgehead atoms. The molecule has 0 aromatic carbocycles. The van der Waals surface area contributed by atoms with Crippen LogP contribution in [0.2, 0.25) is 0 Å². The molecule has 1 aromatic rings. The number of carbonyl (C=O) groups is 1. The Morgan fingerprint density at radius 2 is 2.29 bits per heavy atom. The van der Waals surface area contributed by atoms with E-state index in [1.807, 2.05) is 0 Å². The largest absolute Gasteiger partial charge is 0.326 e. The molecule has 0 aliphatic rings. The quantitative estimate of drug-likeness (QED) is 0.664. The molecule has 0 aliphatic carbocycles. The lowest BCUT2D eigenvalue weighted by molar-refractivity contribution is -0.118. The summed E-state index contributed by atoms with van der Waals surface area (Å²) >= 11 is 0. The van der Waals surface area contributed by atoms with Crippen molar-refractivity contribution in [3.8, 4) is 0 Å². The molecule has 0 radical (unpaired) electrons. The fourth-order valence-corrected chi connectivity index (χ4v) is 1.04. The van der Waals surface area contributed by atoms with Crippen molar-refractivity contribution >= 4 is 5.91 Å². The zero-order chi connectivity index (χ0) is 10.6. The minimum Gasteiger partial charge on any atom is -0.326 e. The fraction of sp³-hybridized carbons (Fsp3) is 0.250. The van der Waals surface area contributed by atoms with E-state index in [1.54, 1.807) is 12.1 Å². The molecule has 0 saturated carbocycles. The molecule has 0 saturated heterocycles. The van der Waals surface area contributed by atoms with E-state index in [0.717, 1.165) is 4.57 Å². The van der Waals surface area contributed by atoms with Gasteiger partial charge in [0.2, 0.25) is 0 Å². The highest BCUT2D eigenvalue weighted by Crippen LogP contribution is 1.91. The van der Waals surface area contributed by atoms with Crippen LogP contribution < -0.4 is 11.3 Å². The van der Waals surface area contributed by atoms with Gasteiger partial charge in [0.05, 0.1) is 0 Å². The first-order valence-corrected chi connectivity index (χ1v) is 3.93. The van der Waals surface area contributed by atoms with Crippen LogP contribution in [-0.2, 0) is 17.9 Å². The van der Waals surface area contributed by atoms with Crippen LogP contribution in [0.1, 0.15) is 5.56 Å². The Morgan fingerprint density at radius 1 is 1.57 bits per heavy atom. The third-order valence-electron chi connectivity index (χ3n) is 1.73. The summed E-state index contributed by atoms with van der Waals surface area (Å²) in [7, 11) is 0. The first kappa shape index (κ1) is 10.3. The highest BCUT2D eigenvalue weighted by Gasteiger charge is 2.05. The van der Waals surface area contributed by atoms with Crippen LogP contribution in [0, 0.1) is 4.91 Å². The zero-order valence-electron chi connectivity index (χ0n) is 7.34. The number of rotatable bonds is 3. The maximum absolute atomic E-state index is 11.4. The fourth-order valence-electron chi connectivity index (χ4n) is 1.04. The SMILES string of the molecule is NCc1cccn(CC(=O)N=O)c1=O. The molecule has 1 heterocycles. The summed E-state index contributed by atoms with van der Waals surface area (Å²) in [4.78, 5) is 31.9. The number of hydrogen-bond donors (Lipinski definition) is 1. The molecule has 1 aromatic heterocycles. The van der Waals surface area contributed by atoms with E-state index in [9.17, 15) is 14.5 Å². The standard InChI is InChI=1S/C8H9N3O3/c9-4-6-2-1-3-11(8(6)13)5-7(12)10-14/h1-3H,4-5,9H2. The van der Waals surface area contributed by atoms with Gasteiger partial charge in [0.1, 0.15) is 6.54 Å². The van der Waals surface area contributed by atoms with Crippen molar-refractivity contribution in [3.63, 3.8) is 0 Å². The third kappa shape index (κ3) is 2.11. The number of nitroso groups, excluding NO2 is 1. The monoisotopic (exact) mass is 195 g/mol. The average molecular weight is 195 g/mol. The molecule has 1 rings (SSSR count). The number of nitrogens with two attached hydrogens (primary N) is 1. The van der Waals surface area contributed by atoms with E-state index in [0.29, 0.717) is 5.56 Å². The van der Waals surface area contributed by atoms with E-state index < -0.39 is 5.91 Å². The third-order valence-corrected chi connectivity index (χ3v) is 1.73. The lowest BCUT2D eigenvalue weighted by atomic mass is 10.3. The van der Waals surface area contributed by atoms with E-state index in [1.165, 1.54) is 6.20 Å². The van der Waals surface area contributed by atoms with Crippen LogP contribution in [0.3, 0.4) is 0 Å². The van der Waals surface area contributed by atoms with Crippen LogP contribution in [0.25, 0.3) is 0 Å². The molecular formula is C8H9N3O3. The van der Waals surface area contributed by atoms with E-state index in [4.69, 9.17) is 5.73 Å². The second-order valence-electron chi connectivity index (χ2n) is 2.66. The van der Waals surface area contributed by atoms with Gasteiger partial charge in [-0.2, -0.15) is 0 Å². The molecule has 2 N–H and O–H groups in total. The smallest absolute Gasteiger partial charge is 0.305 e. The molecule has 74 valence electrons. The summed E-state index contributed by atoms with van der Waals surface area (Å²) in [6.45, 7) is -0.238. The van der Waals surface area contributed by atoms with Gasteiger partial charge >= 0.3 is 5.91 Å². The van der Waals surface area contributed by atoms with Gasteiger partial charge in [-0.1, -0.05) is 6.07 Å². The minimum atomic E-state index is -0.888. The van der Waals surface area contributed by atoms with Crippen molar-refractivity contribution in [2.75, 3.05) is 0 Å². The molecule has 6 heteroatoms. The Balaban J connectivity index is 3.04. The first-order valence-electron chi connectivity index (χ1n) is 3.93. The predicted molar refractivity (Wildman–Crippen MR) is 49.4 cm³/mol. The van der Waals surface area contributed by atoms with Crippen LogP contribution in [0.5, 0.6) is 0 Å². The zero-order valence-corrected chi connectivity index (χ0v) is 7.34. The van der Waals surface area contributed by atoms with Gasteiger partial charge < -0.3 is 10.3 Å². The summed E-state index contributed by atoms with van der Waals surface area (Å²) in [6.07, 6.45) is 1.41. The summed E-state index contributed by atoms with van der Waals surface area (Å²) in [5.41, 5.74) is 5.33. The summed E-state index contributed by atoms with van der Waals surface area (Å²) in [5, 5.41) is 2.20. The molecule has 0 unspecified atom stereocenters. The Kier molecular flexibility index (Phi) is 3.24. The Morgan fingerprint density at radius 3 is 2.86 bits per heavy atom. The van der Waals surface area contributed by atoms with Crippen molar-refractivity contribution in [1.82, 2.24) is 4.57 Å². The molecule has 0 aliphatic heterocycles. The second-order valence-corrected chi connectivity index (χ2v) is 2.66. The van der Waals surface area contributed by atoms with Gasteiger partial charge in [-0.05, 0) is 6.07 Å². The first-order chi connectivity index (χ1) is 6.69. The summed E-state index contributed by atoms with van der Waals surface area (Å²) < 4.78 is 1.10. The Bertz CT molecular complexity index is 411. The van der Waals surface area contributed by atoms with Gasteiger partial charge in [-0.3, -0.25) is 9.59 Å². The van der Waals surface area contributed by atoms with Crippen molar-refractivity contribution in [1.29, 1.82) is 0 Å². The van der Waals surface area contributed by atoms with Crippen molar-refractivity contribution in [2.24, 2.45) is 10.9 Å². The van der Waals surface area contributed by atoms with E-state index in [2.05, 4.69) is 5.18 Å². The highest BCUT2D eigenvalue weighted by atomic mass is 16.3. The van der Waals surface area contributed by atoms with Gasteiger partial charge in [0.15, 0.2) is 0 Å². The van der Waals surface area contributed by atoms with Gasteiger partial charge in [0.25, 0.3) is 5.56 Å². The number of nitrogens with zero attached hydrogens (tertiary/aromatic N) is 2. The number of carbonyl (C=O) groups excluding carboxylic acids is 1. The molecule has 1 amide bonds. The molecule has 14 heavy (non-hydrogen) atoms. The van der Waals surface area contributed by atoms with Gasteiger partial charge in [0, 0.05) is 23.5 Å². The molecule has 0 atom stereocenters. The molecule has 6 nitrogen and oxygen atoms in total. The van der Waals surface area contributed by atoms with Crippen LogP contribution in [0.15, 0.2) is 28.3 Å². The number of aromatic nitrogens is 1. The topological polar surface area (TPSA) is 94.5 Å². The van der Waals surface area contributed by atoms with Gasteiger partial charge in [-0.25, -0.2) is 0 Å². The van der Waals surface area contributed by atoms with E-state index in [-0.39, 0.29) is 18.6 Å². The predicted octanol–water partition coefficient (Wildman–Crippen LogP) is -0.400. The van der Waals surface area contributed by atoms with Crippen molar-refractivity contribution in [3.05, 3.63) is 39.2 Å². The lowest BCUT2D eigenvalue weighted by Crippen LogP contribution is -2.26. The minimum absolute atomic E-state index is 0.0996. The highest BCUT2D eigenvalue weighted by molar-refractivity contribution is 5.76. The van der Waals surface area contributed by atoms with Crippen LogP contribution >= 0.6 is 0 Å². The van der Waals surface area contributed by atoms with Crippen molar-refractivity contribution in [2.45, 2.75) is 13.1 Å². The Hall–Kier alpha value is -1.82. The van der Waals surface area contributed by atoms with Crippen molar-refractivity contribution < 1.29 is 4.79 Å². The van der Waals surface area contributed by atoms with Gasteiger partial charge in [-0.15, -0.1) is 4.91 Å². The number of amides is 1. The lowest BCUT2D eigenvalue weighted by Gasteiger charge is -2.02.